The Hall–Kier alpha value is -0.950. The number of likely N-dealkylation sites (N-methyl/N-ethyl adjacent to an activating group) is 1. The van der Waals surface area contributed by atoms with Crippen LogP contribution in [0.25, 0.3) is 0 Å². The van der Waals surface area contributed by atoms with E-state index in [2.05, 4.69) is 33.0 Å². The molecule has 16 heavy (non-hydrogen) atoms. The molecule has 0 saturated carbocycles. The molecule has 6 nitrogen and oxygen atoms in total. The zero-order valence-electron chi connectivity index (χ0n) is 8.97. The lowest BCUT2D eigenvalue weighted by molar-refractivity contribution is -0.390. The van der Waals surface area contributed by atoms with E-state index in [1.54, 1.807) is 10.9 Å². The van der Waals surface area contributed by atoms with Crippen LogP contribution in [-0.2, 0) is 6.54 Å². The van der Waals surface area contributed by atoms with Crippen molar-refractivity contribution in [3.05, 3.63) is 20.8 Å². The number of likely N-dealkylation sites (tertiary alicyclic amines) is 1. The fourth-order valence-electron chi connectivity index (χ4n) is 2.03. The molecule has 2 heterocycles. The maximum Gasteiger partial charge on any atom is 0.404 e. The van der Waals surface area contributed by atoms with Crippen molar-refractivity contribution in [1.82, 2.24) is 14.7 Å². The normalized spacial score (nSPS) is 21.5. The van der Waals surface area contributed by atoms with E-state index in [1.165, 1.54) is 6.42 Å². The van der Waals surface area contributed by atoms with Gasteiger partial charge in [-0.25, -0.2) is 0 Å². The van der Waals surface area contributed by atoms with Crippen molar-refractivity contribution >= 4 is 21.7 Å². The largest absolute Gasteiger partial charge is 0.404 e. The first-order valence-corrected chi connectivity index (χ1v) is 5.95. The molecule has 1 fully saturated rings. The SMILES string of the molecule is CN1CCC[C@@H]1Cn1cc(Br)c([N+](=O)[O-])n1. The maximum absolute atomic E-state index is 10.6. The molecule has 1 aliphatic heterocycles. The van der Waals surface area contributed by atoms with Crippen LogP contribution in [0.5, 0.6) is 0 Å². The second kappa shape index (κ2) is 4.50. The molecular weight excluding hydrogens is 276 g/mol. The summed E-state index contributed by atoms with van der Waals surface area (Å²) in [5.41, 5.74) is 0. The second-order valence-corrected chi connectivity index (χ2v) is 4.91. The van der Waals surface area contributed by atoms with Crippen LogP contribution in [0.3, 0.4) is 0 Å². The highest BCUT2D eigenvalue weighted by atomic mass is 79.9. The molecule has 0 amide bonds. The predicted octanol–water partition coefficient (Wildman–Crippen LogP) is 1.65. The van der Waals surface area contributed by atoms with Gasteiger partial charge in [-0.2, -0.15) is 4.68 Å². The van der Waals surface area contributed by atoms with E-state index in [0.29, 0.717) is 17.1 Å². The van der Waals surface area contributed by atoms with Crippen LogP contribution >= 0.6 is 15.9 Å². The highest BCUT2D eigenvalue weighted by molar-refractivity contribution is 9.10. The van der Waals surface area contributed by atoms with Gasteiger partial charge in [-0.1, -0.05) is 0 Å². The van der Waals surface area contributed by atoms with Crippen LogP contribution in [-0.4, -0.2) is 39.2 Å². The molecule has 1 atom stereocenters. The molecular formula is C9H13BrN4O2. The molecule has 1 aliphatic rings. The number of halogens is 1. The number of rotatable bonds is 3. The summed E-state index contributed by atoms with van der Waals surface area (Å²) in [6.45, 7) is 1.80. The highest BCUT2D eigenvalue weighted by Gasteiger charge is 2.25. The third-order valence-corrected chi connectivity index (χ3v) is 3.50. The number of nitro groups is 1. The molecule has 2 rings (SSSR count). The van der Waals surface area contributed by atoms with E-state index in [0.717, 1.165) is 13.0 Å². The molecule has 0 spiro atoms. The summed E-state index contributed by atoms with van der Waals surface area (Å²) in [6, 6.07) is 0.436. The third-order valence-electron chi connectivity index (χ3n) is 2.94. The van der Waals surface area contributed by atoms with E-state index < -0.39 is 4.92 Å². The smallest absolute Gasteiger partial charge is 0.358 e. The third kappa shape index (κ3) is 2.25. The molecule has 0 unspecified atom stereocenters. The molecule has 0 aliphatic carbocycles. The minimum Gasteiger partial charge on any atom is -0.358 e. The van der Waals surface area contributed by atoms with E-state index >= 15 is 0 Å². The van der Waals surface area contributed by atoms with Crippen LogP contribution in [0.1, 0.15) is 12.8 Å². The molecule has 0 radical (unpaired) electrons. The number of hydrogen-bond acceptors (Lipinski definition) is 4. The van der Waals surface area contributed by atoms with Crippen molar-refractivity contribution < 1.29 is 4.92 Å². The van der Waals surface area contributed by atoms with Crippen LogP contribution in [0, 0.1) is 10.1 Å². The molecule has 0 N–H and O–H groups in total. The highest BCUT2D eigenvalue weighted by Crippen LogP contribution is 2.23. The Bertz CT molecular complexity index is 406. The number of nitrogens with zero attached hydrogens (tertiary/aromatic N) is 4. The summed E-state index contributed by atoms with van der Waals surface area (Å²) in [5.74, 6) is -0.111. The van der Waals surface area contributed by atoms with E-state index in [4.69, 9.17) is 0 Å². The Morgan fingerprint density at radius 3 is 3.00 bits per heavy atom. The molecule has 1 aromatic heterocycles. The fraction of sp³-hybridized carbons (Fsp3) is 0.667. The average Bonchev–Trinajstić information content (AvgIpc) is 2.75. The maximum atomic E-state index is 10.6. The minimum atomic E-state index is -0.473. The molecule has 88 valence electrons. The van der Waals surface area contributed by atoms with Crippen LogP contribution in [0.2, 0.25) is 0 Å². The zero-order valence-corrected chi connectivity index (χ0v) is 10.6. The van der Waals surface area contributed by atoms with Crippen molar-refractivity contribution in [2.45, 2.75) is 25.4 Å². The monoisotopic (exact) mass is 288 g/mol. The van der Waals surface area contributed by atoms with Crippen molar-refractivity contribution in [1.29, 1.82) is 0 Å². The average molecular weight is 289 g/mol. The Kier molecular flexibility index (Phi) is 3.25. The first-order valence-electron chi connectivity index (χ1n) is 5.15. The standard InChI is InChI=1S/C9H13BrN4O2/c1-12-4-2-3-7(12)5-13-6-8(10)9(11-13)14(15)16/h6-7H,2-5H2,1H3/t7-/m1/s1. The van der Waals surface area contributed by atoms with Gasteiger partial charge in [0.15, 0.2) is 0 Å². The van der Waals surface area contributed by atoms with Gasteiger partial charge in [0, 0.05) is 6.04 Å². The number of aromatic nitrogens is 2. The topological polar surface area (TPSA) is 64.2 Å². The Labute approximate surface area is 102 Å². The lowest BCUT2D eigenvalue weighted by Crippen LogP contribution is -2.29. The molecule has 0 aromatic carbocycles. The molecule has 1 saturated heterocycles. The van der Waals surface area contributed by atoms with Crippen molar-refractivity contribution in [3.8, 4) is 0 Å². The van der Waals surface area contributed by atoms with Gasteiger partial charge in [-0.3, -0.25) is 0 Å². The van der Waals surface area contributed by atoms with Crippen molar-refractivity contribution in [2.75, 3.05) is 13.6 Å². The summed E-state index contributed by atoms with van der Waals surface area (Å²) in [7, 11) is 2.07. The van der Waals surface area contributed by atoms with Gasteiger partial charge in [0.05, 0.1) is 17.8 Å². The van der Waals surface area contributed by atoms with Gasteiger partial charge >= 0.3 is 5.82 Å². The quantitative estimate of drug-likeness (QED) is 0.627. The lowest BCUT2D eigenvalue weighted by atomic mass is 10.2. The van der Waals surface area contributed by atoms with Crippen LogP contribution in [0.15, 0.2) is 10.7 Å². The molecule has 1 aromatic rings. The second-order valence-electron chi connectivity index (χ2n) is 4.06. The predicted molar refractivity (Wildman–Crippen MR) is 62.2 cm³/mol. The van der Waals surface area contributed by atoms with E-state index in [1.807, 2.05) is 0 Å². The summed E-state index contributed by atoms with van der Waals surface area (Å²) in [5, 5.41) is 14.6. The summed E-state index contributed by atoms with van der Waals surface area (Å²) >= 11 is 3.14. The molecule has 0 bridgehead atoms. The molecule has 7 heteroatoms. The fourth-order valence-corrected chi connectivity index (χ4v) is 2.49. The first-order chi connectivity index (χ1) is 7.58. The first kappa shape index (κ1) is 11.5. The van der Waals surface area contributed by atoms with Crippen LogP contribution in [0.4, 0.5) is 5.82 Å². The van der Waals surface area contributed by atoms with Gasteiger partial charge in [-0.05, 0) is 47.3 Å². The number of hydrogen-bond donors (Lipinski definition) is 0. The minimum absolute atomic E-state index is 0.111. The summed E-state index contributed by atoms with van der Waals surface area (Å²) < 4.78 is 2.09. The summed E-state index contributed by atoms with van der Waals surface area (Å²) in [4.78, 5) is 12.4. The van der Waals surface area contributed by atoms with Crippen molar-refractivity contribution in [3.63, 3.8) is 0 Å². The van der Waals surface area contributed by atoms with Gasteiger partial charge in [-0.15, -0.1) is 0 Å². The van der Waals surface area contributed by atoms with Gasteiger partial charge < -0.3 is 15.0 Å². The summed E-state index contributed by atoms with van der Waals surface area (Å²) in [6.07, 6.45) is 3.98. The van der Waals surface area contributed by atoms with E-state index in [9.17, 15) is 10.1 Å². The Morgan fingerprint density at radius 1 is 1.75 bits per heavy atom. The Morgan fingerprint density at radius 2 is 2.50 bits per heavy atom. The van der Waals surface area contributed by atoms with Crippen LogP contribution < -0.4 is 0 Å². The van der Waals surface area contributed by atoms with Gasteiger partial charge in [0.1, 0.15) is 4.47 Å². The van der Waals surface area contributed by atoms with E-state index in [-0.39, 0.29) is 5.82 Å². The zero-order chi connectivity index (χ0) is 11.7. The lowest BCUT2D eigenvalue weighted by Gasteiger charge is -2.17. The van der Waals surface area contributed by atoms with Gasteiger partial charge in [0.2, 0.25) is 0 Å². The van der Waals surface area contributed by atoms with Gasteiger partial charge in [0.25, 0.3) is 0 Å². The van der Waals surface area contributed by atoms with Crippen molar-refractivity contribution in [2.24, 2.45) is 0 Å². The Balaban J connectivity index is 2.10.